The molecule has 1 amide bonds. The van der Waals surface area contributed by atoms with E-state index in [1.165, 1.54) is 11.9 Å². The van der Waals surface area contributed by atoms with Crippen LogP contribution in [0.2, 0.25) is 0 Å². The first kappa shape index (κ1) is 19.8. The summed E-state index contributed by atoms with van der Waals surface area (Å²) in [6, 6.07) is 12.3. The zero-order valence-electron chi connectivity index (χ0n) is 17.1. The topological polar surface area (TPSA) is 67.8 Å². The fourth-order valence-electron chi connectivity index (χ4n) is 3.93. The maximum atomic E-state index is 13.0. The number of hydrogen-bond acceptors (Lipinski definition) is 6. The van der Waals surface area contributed by atoms with E-state index in [2.05, 4.69) is 40.8 Å². The van der Waals surface area contributed by atoms with Crippen molar-refractivity contribution in [2.24, 2.45) is 0 Å². The highest BCUT2D eigenvalue weighted by Crippen LogP contribution is 2.31. The third kappa shape index (κ3) is 4.41. The van der Waals surface area contributed by atoms with Crippen molar-refractivity contribution < 1.29 is 14.3 Å². The predicted molar refractivity (Wildman–Crippen MR) is 110 cm³/mol. The summed E-state index contributed by atoms with van der Waals surface area (Å²) in [5.74, 6) is 0.209. The Morgan fingerprint density at radius 1 is 1.14 bits per heavy atom. The van der Waals surface area contributed by atoms with Gasteiger partial charge in [-0.15, -0.1) is 0 Å². The number of aromatic nitrogens is 2. The lowest BCUT2D eigenvalue weighted by molar-refractivity contribution is -0.181. The Morgan fingerprint density at radius 2 is 1.83 bits per heavy atom. The first-order chi connectivity index (χ1) is 14.1. The summed E-state index contributed by atoms with van der Waals surface area (Å²) in [6.07, 6.45) is 2.88. The van der Waals surface area contributed by atoms with Crippen LogP contribution in [0.1, 0.15) is 42.7 Å². The number of nitrogens with zero attached hydrogens (tertiary/aromatic N) is 4. The molecule has 4 rings (SSSR count). The molecule has 1 aromatic heterocycles. The van der Waals surface area contributed by atoms with Gasteiger partial charge in [-0.05, 0) is 19.4 Å². The highest BCUT2D eigenvalue weighted by molar-refractivity contribution is 5.93. The van der Waals surface area contributed by atoms with Gasteiger partial charge >= 0.3 is 0 Å². The summed E-state index contributed by atoms with van der Waals surface area (Å²) in [6.45, 7) is 7.46. The third-order valence-electron chi connectivity index (χ3n) is 5.61. The molecular weight excluding hydrogens is 368 g/mol. The second kappa shape index (κ2) is 8.47. The van der Waals surface area contributed by atoms with Gasteiger partial charge in [-0.25, -0.2) is 9.97 Å². The number of carbonyl (C=O) groups is 1. The summed E-state index contributed by atoms with van der Waals surface area (Å²) >= 11 is 0. The number of ether oxygens (including phenoxy) is 2. The van der Waals surface area contributed by atoms with E-state index in [0.717, 1.165) is 12.4 Å². The van der Waals surface area contributed by atoms with Crippen molar-refractivity contribution >= 4 is 11.7 Å². The zero-order valence-corrected chi connectivity index (χ0v) is 17.1. The molecule has 154 valence electrons. The Hall–Kier alpha value is -2.51. The summed E-state index contributed by atoms with van der Waals surface area (Å²) in [5.41, 5.74) is 1.63. The van der Waals surface area contributed by atoms with Crippen LogP contribution in [0.5, 0.6) is 0 Å². The molecule has 0 aliphatic carbocycles. The number of carbonyl (C=O) groups excluding carboxylic acids is 1. The lowest BCUT2D eigenvalue weighted by Crippen LogP contribution is -2.47. The molecule has 7 nitrogen and oxygen atoms in total. The van der Waals surface area contributed by atoms with Gasteiger partial charge in [-0.3, -0.25) is 4.79 Å². The van der Waals surface area contributed by atoms with Crippen LogP contribution in [0.3, 0.4) is 0 Å². The zero-order chi connectivity index (χ0) is 20.3. The van der Waals surface area contributed by atoms with Crippen molar-refractivity contribution in [1.82, 2.24) is 14.9 Å². The van der Waals surface area contributed by atoms with Gasteiger partial charge in [-0.2, -0.15) is 0 Å². The van der Waals surface area contributed by atoms with E-state index in [1.807, 2.05) is 23.1 Å². The van der Waals surface area contributed by atoms with Crippen molar-refractivity contribution in [1.29, 1.82) is 0 Å². The first-order valence-electron chi connectivity index (χ1n) is 10.3. The van der Waals surface area contributed by atoms with E-state index in [0.29, 0.717) is 44.8 Å². The fourth-order valence-corrected chi connectivity index (χ4v) is 3.93. The normalized spacial score (nSPS) is 18.4. The van der Waals surface area contributed by atoms with Crippen LogP contribution in [-0.4, -0.2) is 58.9 Å². The number of benzene rings is 1. The summed E-state index contributed by atoms with van der Waals surface area (Å²) in [7, 11) is 0. The molecule has 0 atom stereocenters. The predicted octanol–water partition coefficient (Wildman–Crippen LogP) is 2.87. The standard InChI is InChI=1S/C22H28N4O3/c1-17(2)26(15-18-6-4-3-5-7-18)20-14-19(23-16-24-20)21(27)25-10-8-22(9-11-25)28-12-13-29-22/h3-7,14,16-17H,8-13,15H2,1-2H3. The summed E-state index contributed by atoms with van der Waals surface area (Å²) < 4.78 is 11.5. The molecule has 0 bridgehead atoms. The molecule has 1 aromatic carbocycles. The maximum absolute atomic E-state index is 13.0. The van der Waals surface area contributed by atoms with E-state index in [1.54, 1.807) is 6.07 Å². The van der Waals surface area contributed by atoms with Crippen molar-refractivity contribution in [3.63, 3.8) is 0 Å². The highest BCUT2D eigenvalue weighted by Gasteiger charge is 2.41. The number of amides is 1. The maximum Gasteiger partial charge on any atom is 0.272 e. The first-order valence-corrected chi connectivity index (χ1v) is 10.3. The minimum Gasteiger partial charge on any atom is -0.350 e. The van der Waals surface area contributed by atoms with Gasteiger partial charge in [0.25, 0.3) is 5.91 Å². The van der Waals surface area contributed by atoms with E-state index in [4.69, 9.17) is 9.47 Å². The van der Waals surface area contributed by atoms with Crippen LogP contribution >= 0.6 is 0 Å². The van der Waals surface area contributed by atoms with Crippen molar-refractivity contribution in [2.45, 2.75) is 45.1 Å². The van der Waals surface area contributed by atoms with Crippen molar-refractivity contribution in [3.05, 3.63) is 54.0 Å². The molecule has 3 heterocycles. The summed E-state index contributed by atoms with van der Waals surface area (Å²) in [4.78, 5) is 25.8. The molecule has 2 aromatic rings. The number of hydrogen-bond donors (Lipinski definition) is 0. The van der Waals surface area contributed by atoms with E-state index in [-0.39, 0.29) is 11.9 Å². The van der Waals surface area contributed by atoms with Crippen LogP contribution < -0.4 is 4.90 Å². The van der Waals surface area contributed by atoms with Gasteiger partial charge < -0.3 is 19.3 Å². The molecule has 2 aliphatic rings. The molecule has 2 fully saturated rings. The quantitative estimate of drug-likeness (QED) is 0.774. The third-order valence-corrected chi connectivity index (χ3v) is 5.61. The minimum atomic E-state index is -0.488. The number of piperidine rings is 1. The van der Waals surface area contributed by atoms with Crippen molar-refractivity contribution in [3.8, 4) is 0 Å². The smallest absolute Gasteiger partial charge is 0.272 e. The molecule has 7 heteroatoms. The second-order valence-electron chi connectivity index (χ2n) is 7.87. The Kier molecular flexibility index (Phi) is 5.78. The monoisotopic (exact) mass is 396 g/mol. The molecule has 0 radical (unpaired) electrons. The van der Waals surface area contributed by atoms with E-state index < -0.39 is 5.79 Å². The minimum absolute atomic E-state index is 0.0649. The van der Waals surface area contributed by atoms with Gasteiger partial charge in [0.2, 0.25) is 0 Å². The lowest BCUT2D eigenvalue weighted by atomic mass is 10.0. The van der Waals surface area contributed by atoms with Crippen LogP contribution in [0.15, 0.2) is 42.7 Å². The molecule has 0 unspecified atom stereocenters. The Bertz CT molecular complexity index is 827. The van der Waals surface area contributed by atoms with Gasteiger partial charge in [-0.1, -0.05) is 30.3 Å². The average molecular weight is 396 g/mol. The number of rotatable bonds is 5. The number of likely N-dealkylation sites (tertiary alicyclic amines) is 1. The fraction of sp³-hybridized carbons (Fsp3) is 0.500. The van der Waals surface area contributed by atoms with Crippen molar-refractivity contribution in [2.75, 3.05) is 31.2 Å². The molecule has 0 N–H and O–H groups in total. The Labute approximate surface area is 171 Å². The molecule has 0 saturated carbocycles. The van der Waals surface area contributed by atoms with Gasteiger partial charge in [0.1, 0.15) is 17.8 Å². The van der Waals surface area contributed by atoms with Crippen LogP contribution in [0, 0.1) is 0 Å². The van der Waals surface area contributed by atoms with E-state index >= 15 is 0 Å². The average Bonchev–Trinajstić information content (AvgIpc) is 3.20. The SMILES string of the molecule is CC(C)N(Cc1ccccc1)c1cc(C(=O)N2CCC3(CC2)OCCO3)ncn1. The van der Waals surface area contributed by atoms with E-state index in [9.17, 15) is 4.79 Å². The van der Waals surface area contributed by atoms with Gasteiger partial charge in [0, 0.05) is 44.6 Å². The Balaban J connectivity index is 1.47. The van der Waals surface area contributed by atoms with Crippen LogP contribution in [0.25, 0.3) is 0 Å². The second-order valence-corrected chi connectivity index (χ2v) is 7.87. The lowest BCUT2D eigenvalue weighted by Gasteiger charge is -2.37. The van der Waals surface area contributed by atoms with Gasteiger partial charge in [0.05, 0.1) is 13.2 Å². The molecular formula is C22H28N4O3. The summed E-state index contributed by atoms with van der Waals surface area (Å²) in [5, 5.41) is 0. The van der Waals surface area contributed by atoms with Gasteiger partial charge in [0.15, 0.2) is 5.79 Å². The Morgan fingerprint density at radius 3 is 2.48 bits per heavy atom. The molecule has 1 spiro atoms. The largest absolute Gasteiger partial charge is 0.350 e. The van der Waals surface area contributed by atoms with Crippen LogP contribution in [-0.2, 0) is 16.0 Å². The number of anilines is 1. The highest BCUT2D eigenvalue weighted by atomic mass is 16.7. The molecule has 2 aliphatic heterocycles. The molecule has 2 saturated heterocycles. The van der Waals surface area contributed by atoms with Crippen LogP contribution in [0.4, 0.5) is 5.82 Å². The molecule has 29 heavy (non-hydrogen) atoms.